The first-order valence-corrected chi connectivity index (χ1v) is 6.93. The molecular formula is C14H17ClFN5O. The summed E-state index contributed by atoms with van der Waals surface area (Å²) < 4.78 is 15.4. The third kappa shape index (κ3) is 3.61. The van der Waals surface area contributed by atoms with Gasteiger partial charge in [-0.1, -0.05) is 6.42 Å². The van der Waals surface area contributed by atoms with Gasteiger partial charge in [0.2, 0.25) is 5.91 Å². The van der Waals surface area contributed by atoms with Gasteiger partial charge in [0.1, 0.15) is 18.3 Å². The van der Waals surface area contributed by atoms with Gasteiger partial charge in [0.15, 0.2) is 5.82 Å². The van der Waals surface area contributed by atoms with Crippen LogP contribution < -0.4 is 10.6 Å². The van der Waals surface area contributed by atoms with E-state index in [1.54, 1.807) is 12.1 Å². The molecular weight excluding hydrogens is 309 g/mol. The number of anilines is 1. The minimum absolute atomic E-state index is 0. The smallest absolute Gasteiger partial charge is 0.241 e. The zero-order chi connectivity index (χ0) is 14.7. The Morgan fingerprint density at radius 1 is 1.41 bits per heavy atom. The topological polar surface area (TPSA) is 71.8 Å². The molecule has 2 aromatic rings. The Morgan fingerprint density at radius 3 is 2.91 bits per heavy atom. The molecule has 0 bridgehead atoms. The fourth-order valence-corrected chi connectivity index (χ4v) is 2.41. The number of halogens is 2. The van der Waals surface area contributed by atoms with E-state index in [0.29, 0.717) is 11.4 Å². The maximum absolute atomic E-state index is 14.1. The Morgan fingerprint density at radius 2 is 2.27 bits per heavy atom. The lowest BCUT2D eigenvalue weighted by atomic mass is 10.0. The van der Waals surface area contributed by atoms with Crippen molar-refractivity contribution in [2.45, 2.75) is 25.3 Å². The maximum atomic E-state index is 14.1. The summed E-state index contributed by atoms with van der Waals surface area (Å²) in [4.78, 5) is 15.8. The molecule has 1 amide bonds. The average Bonchev–Trinajstić information content (AvgIpc) is 3.02. The first kappa shape index (κ1) is 16.4. The minimum Gasteiger partial charge on any atom is -0.325 e. The number of carbonyl (C=O) groups excluding carboxylic acids is 1. The Bertz CT molecular complexity index is 628. The van der Waals surface area contributed by atoms with Gasteiger partial charge in [0.05, 0.1) is 6.04 Å². The molecule has 6 nitrogen and oxygen atoms in total. The van der Waals surface area contributed by atoms with E-state index in [0.717, 1.165) is 25.8 Å². The van der Waals surface area contributed by atoms with E-state index >= 15 is 0 Å². The molecule has 1 atom stereocenters. The first-order valence-electron chi connectivity index (χ1n) is 6.93. The zero-order valence-corrected chi connectivity index (χ0v) is 12.6. The number of hydrogen-bond donors (Lipinski definition) is 2. The van der Waals surface area contributed by atoms with Crippen molar-refractivity contribution in [3.8, 4) is 5.69 Å². The second kappa shape index (κ2) is 7.33. The van der Waals surface area contributed by atoms with Crippen molar-refractivity contribution in [2.24, 2.45) is 0 Å². The quantitative estimate of drug-likeness (QED) is 0.904. The molecule has 22 heavy (non-hydrogen) atoms. The van der Waals surface area contributed by atoms with Gasteiger partial charge < -0.3 is 10.6 Å². The van der Waals surface area contributed by atoms with E-state index < -0.39 is 5.82 Å². The van der Waals surface area contributed by atoms with E-state index in [-0.39, 0.29) is 24.4 Å². The lowest BCUT2D eigenvalue weighted by molar-refractivity contribution is -0.118. The van der Waals surface area contributed by atoms with Crippen molar-refractivity contribution in [3.05, 3.63) is 36.7 Å². The maximum Gasteiger partial charge on any atom is 0.241 e. The van der Waals surface area contributed by atoms with Crippen LogP contribution in [-0.4, -0.2) is 33.3 Å². The Balaban J connectivity index is 0.00000176. The molecule has 0 spiro atoms. The predicted molar refractivity (Wildman–Crippen MR) is 82.8 cm³/mol. The summed E-state index contributed by atoms with van der Waals surface area (Å²) >= 11 is 0. The third-order valence-electron chi connectivity index (χ3n) is 3.51. The van der Waals surface area contributed by atoms with Crippen LogP contribution in [0.25, 0.3) is 5.69 Å². The highest BCUT2D eigenvalue weighted by molar-refractivity contribution is 5.95. The van der Waals surface area contributed by atoms with E-state index in [9.17, 15) is 9.18 Å². The first-order chi connectivity index (χ1) is 10.2. The van der Waals surface area contributed by atoms with Gasteiger partial charge in [0, 0.05) is 5.69 Å². The fraction of sp³-hybridized carbons (Fsp3) is 0.357. The van der Waals surface area contributed by atoms with Crippen LogP contribution in [0, 0.1) is 5.82 Å². The molecule has 1 saturated heterocycles. The molecule has 1 aromatic heterocycles. The monoisotopic (exact) mass is 325 g/mol. The SMILES string of the molecule is Cl.O=C(Nc1ccc(-n2cncn2)c(F)c1)C1CCCCN1. The highest BCUT2D eigenvalue weighted by Crippen LogP contribution is 2.18. The predicted octanol–water partition coefficient (Wildman–Crippen LogP) is 1.91. The summed E-state index contributed by atoms with van der Waals surface area (Å²) in [5, 5.41) is 9.78. The van der Waals surface area contributed by atoms with E-state index in [1.165, 1.54) is 23.4 Å². The number of benzene rings is 1. The Labute approximate surface area is 133 Å². The van der Waals surface area contributed by atoms with Gasteiger partial charge in [-0.25, -0.2) is 14.1 Å². The molecule has 118 valence electrons. The van der Waals surface area contributed by atoms with Crippen LogP contribution in [0.5, 0.6) is 0 Å². The summed E-state index contributed by atoms with van der Waals surface area (Å²) in [5.41, 5.74) is 0.732. The molecule has 1 fully saturated rings. The summed E-state index contributed by atoms with van der Waals surface area (Å²) in [6, 6.07) is 4.31. The molecule has 0 aliphatic carbocycles. The number of hydrogen-bond acceptors (Lipinski definition) is 4. The molecule has 0 radical (unpaired) electrons. The van der Waals surface area contributed by atoms with Crippen LogP contribution in [0.2, 0.25) is 0 Å². The summed E-state index contributed by atoms with van der Waals surface area (Å²) in [6.45, 7) is 0.845. The number of aromatic nitrogens is 3. The molecule has 8 heteroatoms. The van der Waals surface area contributed by atoms with Crippen molar-refractivity contribution >= 4 is 24.0 Å². The van der Waals surface area contributed by atoms with Crippen LogP contribution in [0.3, 0.4) is 0 Å². The van der Waals surface area contributed by atoms with Crippen molar-refractivity contribution in [3.63, 3.8) is 0 Å². The molecule has 1 aromatic carbocycles. The van der Waals surface area contributed by atoms with Gasteiger partial charge in [-0.15, -0.1) is 12.4 Å². The van der Waals surface area contributed by atoms with Crippen molar-refractivity contribution < 1.29 is 9.18 Å². The van der Waals surface area contributed by atoms with Crippen molar-refractivity contribution in [1.82, 2.24) is 20.1 Å². The molecule has 1 unspecified atom stereocenters. The molecule has 2 heterocycles. The highest BCUT2D eigenvalue weighted by Gasteiger charge is 2.20. The van der Waals surface area contributed by atoms with Gasteiger partial charge >= 0.3 is 0 Å². The number of amides is 1. The average molecular weight is 326 g/mol. The van der Waals surface area contributed by atoms with Crippen molar-refractivity contribution in [2.75, 3.05) is 11.9 Å². The van der Waals surface area contributed by atoms with E-state index in [4.69, 9.17) is 0 Å². The van der Waals surface area contributed by atoms with Crippen LogP contribution in [0.15, 0.2) is 30.9 Å². The second-order valence-electron chi connectivity index (χ2n) is 5.00. The summed E-state index contributed by atoms with van der Waals surface area (Å²) in [5.74, 6) is -0.586. The van der Waals surface area contributed by atoms with E-state index in [2.05, 4.69) is 20.7 Å². The number of nitrogens with one attached hydrogen (secondary N) is 2. The van der Waals surface area contributed by atoms with Crippen LogP contribution in [-0.2, 0) is 4.79 Å². The lowest BCUT2D eigenvalue weighted by Gasteiger charge is -2.22. The Hall–Kier alpha value is -1.99. The largest absolute Gasteiger partial charge is 0.325 e. The molecule has 0 saturated carbocycles. The normalized spacial score (nSPS) is 17.6. The van der Waals surface area contributed by atoms with Crippen LogP contribution in [0.4, 0.5) is 10.1 Å². The number of piperidine rings is 1. The third-order valence-corrected chi connectivity index (χ3v) is 3.51. The second-order valence-corrected chi connectivity index (χ2v) is 5.00. The standard InChI is InChI=1S/C14H16FN5O.ClH/c15-11-7-10(4-5-13(11)20-9-16-8-18-20)19-14(21)12-3-1-2-6-17-12;/h4-5,7-9,12,17H,1-3,6H2,(H,19,21);1H. The molecule has 2 N–H and O–H groups in total. The summed E-state index contributed by atoms with van der Waals surface area (Å²) in [7, 11) is 0. The van der Waals surface area contributed by atoms with E-state index in [1.807, 2.05) is 0 Å². The number of nitrogens with zero attached hydrogens (tertiary/aromatic N) is 3. The minimum atomic E-state index is -0.463. The number of carbonyl (C=O) groups is 1. The van der Waals surface area contributed by atoms with Crippen molar-refractivity contribution in [1.29, 1.82) is 0 Å². The van der Waals surface area contributed by atoms with Gasteiger partial charge in [0.25, 0.3) is 0 Å². The van der Waals surface area contributed by atoms with Gasteiger partial charge in [-0.05, 0) is 37.6 Å². The van der Waals surface area contributed by atoms with Gasteiger partial charge in [-0.3, -0.25) is 4.79 Å². The van der Waals surface area contributed by atoms with Crippen LogP contribution in [0.1, 0.15) is 19.3 Å². The molecule has 3 rings (SSSR count). The van der Waals surface area contributed by atoms with Crippen LogP contribution >= 0.6 is 12.4 Å². The van der Waals surface area contributed by atoms with Gasteiger partial charge in [-0.2, -0.15) is 5.10 Å². The Kier molecular flexibility index (Phi) is 5.46. The lowest BCUT2D eigenvalue weighted by Crippen LogP contribution is -2.43. The molecule has 1 aliphatic heterocycles. The molecule has 1 aliphatic rings. The number of rotatable bonds is 3. The zero-order valence-electron chi connectivity index (χ0n) is 11.8. The summed E-state index contributed by atoms with van der Waals surface area (Å²) in [6.07, 6.45) is 5.69. The fourth-order valence-electron chi connectivity index (χ4n) is 2.41. The highest BCUT2D eigenvalue weighted by atomic mass is 35.5.